The molecule has 2 aromatic heterocycles. The maximum absolute atomic E-state index is 5.48. The first-order valence-electron chi connectivity index (χ1n) is 5.12. The second kappa shape index (κ2) is 5.63. The van der Waals surface area contributed by atoms with E-state index >= 15 is 0 Å². The summed E-state index contributed by atoms with van der Waals surface area (Å²) < 4.78 is 0. The van der Waals surface area contributed by atoms with Crippen molar-refractivity contribution < 1.29 is 0 Å². The summed E-state index contributed by atoms with van der Waals surface area (Å²) in [6, 6.07) is 9.91. The fraction of sp³-hybridized carbons (Fsp3) is 0.167. The van der Waals surface area contributed by atoms with Crippen LogP contribution in [0.25, 0.3) is 0 Å². The minimum Gasteiger partial charge on any atom is -0.330 e. The molecule has 0 bridgehead atoms. The SMILES string of the molecule is NCCc1ccc(Sc2ccccn2)nc1. The van der Waals surface area contributed by atoms with Crippen LogP contribution in [0.15, 0.2) is 52.8 Å². The molecular formula is C12H13N3S. The van der Waals surface area contributed by atoms with Gasteiger partial charge in [-0.3, -0.25) is 0 Å². The molecule has 2 aromatic rings. The molecule has 0 saturated heterocycles. The first-order valence-corrected chi connectivity index (χ1v) is 5.94. The minimum atomic E-state index is 0.661. The summed E-state index contributed by atoms with van der Waals surface area (Å²) in [5.74, 6) is 0. The monoisotopic (exact) mass is 231 g/mol. The first kappa shape index (κ1) is 11.1. The molecule has 2 rings (SSSR count). The molecule has 82 valence electrons. The first-order chi connectivity index (χ1) is 7.88. The van der Waals surface area contributed by atoms with Gasteiger partial charge in [-0.1, -0.05) is 23.9 Å². The van der Waals surface area contributed by atoms with Gasteiger partial charge in [0.2, 0.25) is 0 Å². The maximum atomic E-state index is 5.48. The van der Waals surface area contributed by atoms with Crippen molar-refractivity contribution in [2.24, 2.45) is 5.73 Å². The van der Waals surface area contributed by atoms with E-state index in [1.165, 1.54) is 5.56 Å². The van der Waals surface area contributed by atoms with E-state index in [-0.39, 0.29) is 0 Å². The normalized spacial score (nSPS) is 10.3. The second-order valence-corrected chi connectivity index (χ2v) is 4.35. The summed E-state index contributed by atoms with van der Waals surface area (Å²) in [4.78, 5) is 8.60. The van der Waals surface area contributed by atoms with Crippen molar-refractivity contribution in [1.82, 2.24) is 9.97 Å². The van der Waals surface area contributed by atoms with E-state index in [9.17, 15) is 0 Å². The standard InChI is InChI=1S/C12H13N3S/c13-7-6-10-4-5-12(15-9-10)16-11-3-1-2-8-14-11/h1-5,8-9H,6-7,13H2. The third-order valence-electron chi connectivity index (χ3n) is 2.08. The van der Waals surface area contributed by atoms with Crippen molar-refractivity contribution in [3.05, 3.63) is 48.3 Å². The molecule has 0 atom stereocenters. The van der Waals surface area contributed by atoms with E-state index in [1.807, 2.05) is 30.5 Å². The summed E-state index contributed by atoms with van der Waals surface area (Å²) in [6.45, 7) is 0.661. The Morgan fingerprint density at radius 2 is 1.94 bits per heavy atom. The Labute approximate surface area is 99.1 Å². The molecule has 16 heavy (non-hydrogen) atoms. The summed E-state index contributed by atoms with van der Waals surface area (Å²) in [5, 5.41) is 1.92. The third kappa shape index (κ3) is 3.05. The van der Waals surface area contributed by atoms with Crippen LogP contribution in [0.5, 0.6) is 0 Å². The van der Waals surface area contributed by atoms with Crippen molar-refractivity contribution in [1.29, 1.82) is 0 Å². The van der Waals surface area contributed by atoms with Gasteiger partial charge < -0.3 is 5.73 Å². The number of aromatic nitrogens is 2. The van der Waals surface area contributed by atoms with Crippen LogP contribution < -0.4 is 5.73 Å². The lowest BCUT2D eigenvalue weighted by Crippen LogP contribution is -2.02. The Morgan fingerprint density at radius 3 is 2.56 bits per heavy atom. The average molecular weight is 231 g/mol. The van der Waals surface area contributed by atoms with Crippen LogP contribution >= 0.6 is 11.8 Å². The van der Waals surface area contributed by atoms with E-state index in [0.717, 1.165) is 16.5 Å². The topological polar surface area (TPSA) is 51.8 Å². The molecule has 0 fully saturated rings. The fourth-order valence-corrected chi connectivity index (χ4v) is 2.02. The van der Waals surface area contributed by atoms with Gasteiger partial charge in [-0.05, 0) is 36.7 Å². The molecular weight excluding hydrogens is 218 g/mol. The summed E-state index contributed by atoms with van der Waals surface area (Å²) in [6.07, 6.45) is 4.53. The molecule has 0 aliphatic carbocycles. The van der Waals surface area contributed by atoms with Gasteiger partial charge in [-0.15, -0.1) is 0 Å². The van der Waals surface area contributed by atoms with Crippen molar-refractivity contribution in [2.75, 3.05) is 6.54 Å². The Hall–Kier alpha value is -1.39. The summed E-state index contributed by atoms with van der Waals surface area (Å²) in [7, 11) is 0. The van der Waals surface area contributed by atoms with Crippen molar-refractivity contribution in [3.63, 3.8) is 0 Å². The van der Waals surface area contributed by atoms with Crippen molar-refractivity contribution in [3.8, 4) is 0 Å². The molecule has 0 spiro atoms. The maximum Gasteiger partial charge on any atom is 0.102 e. The van der Waals surface area contributed by atoms with Crippen LogP contribution in [0.3, 0.4) is 0 Å². The van der Waals surface area contributed by atoms with Gasteiger partial charge in [-0.2, -0.15) is 0 Å². The molecule has 2 N–H and O–H groups in total. The van der Waals surface area contributed by atoms with E-state index in [1.54, 1.807) is 18.0 Å². The van der Waals surface area contributed by atoms with Crippen molar-refractivity contribution in [2.45, 2.75) is 16.5 Å². The Morgan fingerprint density at radius 1 is 1.06 bits per heavy atom. The predicted octanol–water partition coefficient (Wildman–Crippen LogP) is 2.13. The fourth-order valence-electron chi connectivity index (χ4n) is 1.30. The minimum absolute atomic E-state index is 0.661. The highest BCUT2D eigenvalue weighted by Gasteiger charge is 1.99. The molecule has 0 amide bonds. The van der Waals surface area contributed by atoms with E-state index in [2.05, 4.69) is 16.0 Å². The lowest BCUT2D eigenvalue weighted by molar-refractivity contribution is 0.945. The van der Waals surface area contributed by atoms with E-state index in [0.29, 0.717) is 6.54 Å². The smallest absolute Gasteiger partial charge is 0.102 e. The molecule has 4 heteroatoms. The van der Waals surface area contributed by atoms with Gasteiger partial charge in [-0.25, -0.2) is 9.97 Å². The van der Waals surface area contributed by atoms with Crippen LogP contribution in [-0.2, 0) is 6.42 Å². The zero-order valence-electron chi connectivity index (χ0n) is 8.84. The highest BCUT2D eigenvalue weighted by molar-refractivity contribution is 7.99. The van der Waals surface area contributed by atoms with Gasteiger partial charge in [0, 0.05) is 12.4 Å². The number of nitrogens with two attached hydrogens (primary N) is 1. The van der Waals surface area contributed by atoms with Crippen LogP contribution in [0.4, 0.5) is 0 Å². The molecule has 0 unspecified atom stereocenters. The number of hydrogen-bond acceptors (Lipinski definition) is 4. The zero-order valence-corrected chi connectivity index (χ0v) is 9.65. The molecule has 0 aliphatic heterocycles. The molecule has 0 saturated carbocycles. The number of nitrogens with zero attached hydrogens (tertiary/aromatic N) is 2. The molecule has 3 nitrogen and oxygen atoms in total. The second-order valence-electron chi connectivity index (χ2n) is 3.31. The van der Waals surface area contributed by atoms with Crippen LogP contribution in [0.2, 0.25) is 0 Å². The summed E-state index contributed by atoms with van der Waals surface area (Å²) >= 11 is 1.56. The van der Waals surface area contributed by atoms with E-state index < -0.39 is 0 Å². The highest BCUT2D eigenvalue weighted by Crippen LogP contribution is 2.23. The van der Waals surface area contributed by atoms with Gasteiger partial charge >= 0.3 is 0 Å². The Bertz CT molecular complexity index is 428. The quantitative estimate of drug-likeness (QED) is 0.875. The highest BCUT2D eigenvalue weighted by atomic mass is 32.2. The van der Waals surface area contributed by atoms with Gasteiger partial charge in [0.05, 0.1) is 0 Å². The average Bonchev–Trinajstić information content (AvgIpc) is 2.33. The van der Waals surface area contributed by atoms with Crippen LogP contribution in [0, 0.1) is 0 Å². The summed E-state index contributed by atoms with van der Waals surface area (Å²) in [5.41, 5.74) is 6.65. The van der Waals surface area contributed by atoms with Gasteiger partial charge in [0.25, 0.3) is 0 Å². The molecule has 0 radical (unpaired) electrons. The van der Waals surface area contributed by atoms with Crippen LogP contribution in [0.1, 0.15) is 5.56 Å². The van der Waals surface area contributed by atoms with Crippen molar-refractivity contribution >= 4 is 11.8 Å². The Kier molecular flexibility index (Phi) is 3.91. The van der Waals surface area contributed by atoms with Crippen LogP contribution in [-0.4, -0.2) is 16.5 Å². The number of pyridine rings is 2. The zero-order chi connectivity index (χ0) is 11.2. The van der Waals surface area contributed by atoms with E-state index in [4.69, 9.17) is 5.73 Å². The number of rotatable bonds is 4. The van der Waals surface area contributed by atoms with Gasteiger partial charge in [0.15, 0.2) is 0 Å². The Balaban J connectivity index is 2.05. The predicted molar refractivity (Wildman–Crippen MR) is 65.4 cm³/mol. The lowest BCUT2D eigenvalue weighted by Gasteiger charge is -2.01. The molecule has 2 heterocycles. The number of hydrogen-bond donors (Lipinski definition) is 1. The third-order valence-corrected chi connectivity index (χ3v) is 2.98. The molecule has 0 aromatic carbocycles. The molecule has 0 aliphatic rings. The largest absolute Gasteiger partial charge is 0.330 e. The lowest BCUT2D eigenvalue weighted by atomic mass is 10.2. The van der Waals surface area contributed by atoms with Gasteiger partial charge in [0.1, 0.15) is 10.1 Å².